The maximum Gasteiger partial charge on any atom is 0.0733 e. The first-order chi connectivity index (χ1) is 15.3. The standard InChI is InChI=1S/C29H22N2/c1-30-28-20-22-12-9-8-11-21(22)19-26(28)25-17-10-18-27(29(25)30)31(23-13-4-2-5-14-23)24-15-6-3-7-16-24/h2-20H,1H3. The fourth-order valence-corrected chi connectivity index (χ4v) is 4.70. The molecule has 0 spiro atoms. The summed E-state index contributed by atoms with van der Waals surface area (Å²) < 4.78 is 2.34. The van der Waals surface area contributed by atoms with Gasteiger partial charge in [0.2, 0.25) is 0 Å². The molecular formula is C29H22N2. The minimum absolute atomic E-state index is 1.15. The Labute approximate surface area is 181 Å². The van der Waals surface area contributed by atoms with Crippen LogP contribution in [-0.4, -0.2) is 4.57 Å². The van der Waals surface area contributed by atoms with Gasteiger partial charge >= 0.3 is 0 Å². The fraction of sp³-hybridized carbons (Fsp3) is 0.0345. The largest absolute Gasteiger partial charge is 0.342 e. The molecule has 0 N–H and O–H groups in total. The average molecular weight is 399 g/mol. The molecule has 2 heteroatoms. The summed E-state index contributed by atoms with van der Waals surface area (Å²) in [7, 11) is 2.18. The smallest absolute Gasteiger partial charge is 0.0733 e. The Hall–Kier alpha value is -4.04. The van der Waals surface area contributed by atoms with Crippen LogP contribution in [0.3, 0.4) is 0 Å². The third-order valence-corrected chi connectivity index (χ3v) is 6.14. The van der Waals surface area contributed by atoms with Crippen LogP contribution in [0, 0.1) is 0 Å². The van der Waals surface area contributed by atoms with Crippen molar-refractivity contribution in [2.24, 2.45) is 7.05 Å². The lowest BCUT2D eigenvalue weighted by atomic mass is 10.1. The van der Waals surface area contributed by atoms with Crippen LogP contribution in [0.25, 0.3) is 32.6 Å². The average Bonchev–Trinajstić information content (AvgIpc) is 3.11. The number of anilines is 3. The normalized spacial score (nSPS) is 11.4. The molecule has 0 aliphatic rings. The predicted octanol–water partition coefficient (Wildman–Crippen LogP) is 7.95. The van der Waals surface area contributed by atoms with E-state index in [1.807, 2.05) is 0 Å². The highest BCUT2D eigenvalue weighted by Crippen LogP contribution is 2.42. The van der Waals surface area contributed by atoms with Crippen molar-refractivity contribution < 1.29 is 0 Å². The molecule has 0 amide bonds. The van der Waals surface area contributed by atoms with Crippen LogP contribution < -0.4 is 4.90 Å². The molecule has 1 aromatic heterocycles. The number of hydrogen-bond acceptors (Lipinski definition) is 1. The third kappa shape index (κ3) is 2.80. The van der Waals surface area contributed by atoms with Gasteiger partial charge in [0.25, 0.3) is 0 Å². The summed E-state index contributed by atoms with van der Waals surface area (Å²) in [6.45, 7) is 0. The van der Waals surface area contributed by atoms with E-state index in [1.165, 1.54) is 38.3 Å². The molecule has 0 radical (unpaired) electrons. The lowest BCUT2D eigenvalue weighted by Crippen LogP contribution is -2.11. The number of para-hydroxylation sites is 3. The number of fused-ring (bicyclic) bond motifs is 4. The Balaban J connectivity index is 1.71. The molecule has 0 aliphatic heterocycles. The molecule has 0 saturated carbocycles. The van der Waals surface area contributed by atoms with E-state index >= 15 is 0 Å². The first-order valence-electron chi connectivity index (χ1n) is 10.6. The van der Waals surface area contributed by atoms with Crippen LogP contribution in [0.15, 0.2) is 115 Å². The van der Waals surface area contributed by atoms with E-state index in [9.17, 15) is 0 Å². The van der Waals surface area contributed by atoms with Gasteiger partial charge in [-0.25, -0.2) is 0 Å². The van der Waals surface area contributed by atoms with E-state index in [1.54, 1.807) is 0 Å². The molecular weight excluding hydrogens is 376 g/mol. The SMILES string of the molecule is Cn1c2cc3ccccc3cc2c2cccc(N(c3ccccc3)c3ccccc3)c21. The number of nitrogens with zero attached hydrogens (tertiary/aromatic N) is 2. The summed E-state index contributed by atoms with van der Waals surface area (Å²) in [6.07, 6.45) is 0. The zero-order valence-electron chi connectivity index (χ0n) is 17.4. The maximum atomic E-state index is 2.35. The zero-order valence-corrected chi connectivity index (χ0v) is 17.4. The van der Waals surface area contributed by atoms with Crippen molar-refractivity contribution in [3.05, 3.63) is 115 Å². The van der Waals surface area contributed by atoms with E-state index < -0.39 is 0 Å². The summed E-state index contributed by atoms with van der Waals surface area (Å²) in [5.74, 6) is 0. The highest BCUT2D eigenvalue weighted by atomic mass is 15.2. The summed E-state index contributed by atoms with van der Waals surface area (Å²) in [4.78, 5) is 2.35. The summed E-state index contributed by atoms with van der Waals surface area (Å²) in [6, 6.07) is 41.1. The van der Waals surface area contributed by atoms with Crippen LogP contribution in [0.4, 0.5) is 17.1 Å². The Morgan fingerprint density at radius 1 is 0.548 bits per heavy atom. The van der Waals surface area contributed by atoms with E-state index in [-0.39, 0.29) is 0 Å². The van der Waals surface area contributed by atoms with Crippen molar-refractivity contribution in [1.82, 2.24) is 4.57 Å². The van der Waals surface area contributed by atoms with Gasteiger partial charge in [0.15, 0.2) is 0 Å². The first kappa shape index (κ1) is 17.8. The Bertz CT molecular complexity index is 1490. The lowest BCUT2D eigenvalue weighted by Gasteiger charge is -2.26. The van der Waals surface area contributed by atoms with Gasteiger partial charge in [-0.05, 0) is 53.2 Å². The molecule has 0 fully saturated rings. The second-order valence-electron chi connectivity index (χ2n) is 7.96. The summed E-state index contributed by atoms with van der Waals surface area (Å²) in [5.41, 5.74) is 5.97. The Morgan fingerprint density at radius 2 is 1.13 bits per heavy atom. The molecule has 5 aromatic carbocycles. The maximum absolute atomic E-state index is 2.35. The molecule has 1 heterocycles. The third-order valence-electron chi connectivity index (χ3n) is 6.14. The number of aryl methyl sites for hydroxylation is 1. The second kappa shape index (κ2) is 7.03. The highest BCUT2D eigenvalue weighted by molar-refractivity contribution is 6.16. The topological polar surface area (TPSA) is 8.17 Å². The quantitative estimate of drug-likeness (QED) is 0.293. The monoisotopic (exact) mass is 398 g/mol. The van der Waals surface area contributed by atoms with Gasteiger partial charge in [0.05, 0.1) is 11.2 Å². The number of benzene rings is 5. The van der Waals surface area contributed by atoms with Crippen LogP contribution in [0.2, 0.25) is 0 Å². The van der Waals surface area contributed by atoms with Gasteiger partial charge in [-0.15, -0.1) is 0 Å². The Morgan fingerprint density at radius 3 is 1.77 bits per heavy atom. The molecule has 31 heavy (non-hydrogen) atoms. The van der Waals surface area contributed by atoms with E-state index in [0.29, 0.717) is 0 Å². The minimum atomic E-state index is 1.15. The van der Waals surface area contributed by atoms with Gasteiger partial charge in [-0.2, -0.15) is 0 Å². The number of aromatic nitrogens is 1. The van der Waals surface area contributed by atoms with E-state index in [4.69, 9.17) is 0 Å². The van der Waals surface area contributed by atoms with Crippen LogP contribution in [0.5, 0.6) is 0 Å². The number of rotatable bonds is 3. The van der Waals surface area contributed by atoms with Crippen molar-refractivity contribution in [3.8, 4) is 0 Å². The van der Waals surface area contributed by atoms with Crippen molar-refractivity contribution in [2.45, 2.75) is 0 Å². The Kier molecular flexibility index (Phi) is 4.03. The predicted molar refractivity (Wildman–Crippen MR) is 133 cm³/mol. The van der Waals surface area contributed by atoms with Crippen molar-refractivity contribution in [3.63, 3.8) is 0 Å². The molecule has 0 saturated heterocycles. The fourth-order valence-electron chi connectivity index (χ4n) is 4.70. The summed E-state index contributed by atoms with van der Waals surface area (Å²) >= 11 is 0. The van der Waals surface area contributed by atoms with Crippen LogP contribution in [0.1, 0.15) is 0 Å². The molecule has 0 unspecified atom stereocenters. The number of hydrogen-bond donors (Lipinski definition) is 0. The summed E-state index contributed by atoms with van der Waals surface area (Å²) in [5, 5.41) is 5.11. The molecule has 6 rings (SSSR count). The van der Waals surface area contributed by atoms with Crippen molar-refractivity contribution >= 4 is 49.6 Å². The van der Waals surface area contributed by atoms with Gasteiger partial charge in [-0.3, -0.25) is 0 Å². The second-order valence-corrected chi connectivity index (χ2v) is 7.96. The minimum Gasteiger partial charge on any atom is -0.342 e. The van der Waals surface area contributed by atoms with Crippen LogP contribution >= 0.6 is 0 Å². The van der Waals surface area contributed by atoms with Gasteiger partial charge in [-0.1, -0.05) is 72.8 Å². The van der Waals surface area contributed by atoms with Crippen molar-refractivity contribution in [1.29, 1.82) is 0 Å². The van der Waals surface area contributed by atoms with Crippen LogP contribution in [-0.2, 0) is 7.05 Å². The molecule has 0 aliphatic carbocycles. The molecule has 148 valence electrons. The first-order valence-corrected chi connectivity index (χ1v) is 10.6. The molecule has 2 nitrogen and oxygen atoms in total. The molecule has 0 atom stereocenters. The van der Waals surface area contributed by atoms with E-state index in [0.717, 1.165) is 11.4 Å². The van der Waals surface area contributed by atoms with Gasteiger partial charge in [0.1, 0.15) is 0 Å². The molecule has 0 bridgehead atoms. The van der Waals surface area contributed by atoms with Gasteiger partial charge < -0.3 is 9.47 Å². The van der Waals surface area contributed by atoms with Gasteiger partial charge in [0, 0.05) is 34.7 Å². The molecule has 6 aromatic rings. The highest BCUT2D eigenvalue weighted by Gasteiger charge is 2.19. The van der Waals surface area contributed by atoms with E-state index in [2.05, 4.69) is 132 Å². The lowest BCUT2D eigenvalue weighted by molar-refractivity contribution is 1.01. The van der Waals surface area contributed by atoms with Crippen molar-refractivity contribution in [2.75, 3.05) is 4.90 Å². The zero-order chi connectivity index (χ0) is 20.8.